The van der Waals surface area contributed by atoms with Crippen molar-refractivity contribution in [1.82, 2.24) is 0 Å². The van der Waals surface area contributed by atoms with Gasteiger partial charge in [-0.1, -0.05) is 24.3 Å². The molecule has 0 fully saturated rings. The standard InChI is InChI=1S/C15H14F3NO2/c16-13-7-12(5-6-14(13)21-15(17)18)19-8-10-1-3-11(9-20)4-2-10/h1-7,15,19-20H,8-9H2. The first kappa shape index (κ1) is 15.2. The number of halogens is 3. The van der Waals surface area contributed by atoms with Gasteiger partial charge in [0.1, 0.15) is 0 Å². The molecule has 0 heterocycles. The molecule has 0 aliphatic heterocycles. The molecule has 0 saturated heterocycles. The molecule has 0 spiro atoms. The van der Waals surface area contributed by atoms with Crippen LogP contribution in [0.2, 0.25) is 0 Å². The summed E-state index contributed by atoms with van der Waals surface area (Å²) in [6.45, 7) is -2.63. The molecule has 2 aromatic carbocycles. The minimum Gasteiger partial charge on any atom is -0.432 e. The van der Waals surface area contributed by atoms with Crippen molar-refractivity contribution in [3.8, 4) is 5.75 Å². The SMILES string of the molecule is OCc1ccc(CNc2ccc(OC(F)F)c(F)c2)cc1. The number of nitrogens with one attached hydrogen (secondary N) is 1. The van der Waals surface area contributed by atoms with Crippen LogP contribution in [0.5, 0.6) is 5.75 Å². The van der Waals surface area contributed by atoms with Crippen molar-refractivity contribution in [1.29, 1.82) is 0 Å². The summed E-state index contributed by atoms with van der Waals surface area (Å²) in [4.78, 5) is 0. The second-order valence-electron chi connectivity index (χ2n) is 4.35. The molecule has 2 rings (SSSR count). The number of rotatable bonds is 6. The van der Waals surface area contributed by atoms with Crippen LogP contribution in [-0.4, -0.2) is 11.7 Å². The van der Waals surface area contributed by atoms with Gasteiger partial charge in [0.2, 0.25) is 0 Å². The van der Waals surface area contributed by atoms with Crippen molar-refractivity contribution in [3.63, 3.8) is 0 Å². The summed E-state index contributed by atoms with van der Waals surface area (Å²) in [5.74, 6) is -1.33. The van der Waals surface area contributed by atoms with Crippen LogP contribution in [0.15, 0.2) is 42.5 Å². The third-order valence-corrected chi connectivity index (χ3v) is 2.85. The number of hydrogen-bond acceptors (Lipinski definition) is 3. The third-order valence-electron chi connectivity index (χ3n) is 2.85. The summed E-state index contributed by atoms with van der Waals surface area (Å²) < 4.78 is 41.6. The minimum atomic E-state index is -3.05. The lowest BCUT2D eigenvalue weighted by Gasteiger charge is -2.10. The van der Waals surface area contributed by atoms with Crippen LogP contribution in [0.3, 0.4) is 0 Å². The van der Waals surface area contributed by atoms with Gasteiger partial charge >= 0.3 is 6.61 Å². The van der Waals surface area contributed by atoms with E-state index in [1.807, 2.05) is 12.1 Å². The number of alkyl halides is 2. The van der Waals surface area contributed by atoms with Gasteiger partial charge in [-0.05, 0) is 23.3 Å². The van der Waals surface area contributed by atoms with Crippen LogP contribution in [0.4, 0.5) is 18.9 Å². The first-order valence-corrected chi connectivity index (χ1v) is 6.25. The molecule has 0 aliphatic carbocycles. The molecule has 112 valence electrons. The average Bonchev–Trinajstić information content (AvgIpc) is 2.48. The van der Waals surface area contributed by atoms with Crippen LogP contribution in [0, 0.1) is 5.82 Å². The Hall–Kier alpha value is -2.21. The third kappa shape index (κ3) is 4.39. The van der Waals surface area contributed by atoms with Gasteiger partial charge in [0.15, 0.2) is 11.6 Å². The minimum absolute atomic E-state index is 0.0233. The summed E-state index contributed by atoms with van der Waals surface area (Å²) in [6, 6.07) is 11.0. The monoisotopic (exact) mass is 297 g/mol. The van der Waals surface area contributed by atoms with E-state index in [-0.39, 0.29) is 6.61 Å². The van der Waals surface area contributed by atoms with E-state index in [1.165, 1.54) is 6.07 Å². The Balaban J connectivity index is 1.98. The lowest BCUT2D eigenvalue weighted by molar-refractivity contribution is -0.0521. The molecule has 0 aliphatic rings. The number of aliphatic hydroxyl groups is 1. The highest BCUT2D eigenvalue weighted by molar-refractivity contribution is 5.47. The van der Waals surface area contributed by atoms with E-state index in [0.717, 1.165) is 23.3 Å². The fourth-order valence-electron chi connectivity index (χ4n) is 1.77. The van der Waals surface area contributed by atoms with Crippen molar-refractivity contribution in [2.75, 3.05) is 5.32 Å². The predicted molar refractivity (Wildman–Crippen MR) is 72.7 cm³/mol. The quantitative estimate of drug-likeness (QED) is 0.857. The Morgan fingerprint density at radius 2 is 1.71 bits per heavy atom. The van der Waals surface area contributed by atoms with E-state index >= 15 is 0 Å². The molecule has 0 amide bonds. The fraction of sp³-hybridized carbons (Fsp3) is 0.200. The van der Waals surface area contributed by atoms with Crippen LogP contribution in [0.25, 0.3) is 0 Å². The second-order valence-corrected chi connectivity index (χ2v) is 4.35. The number of hydrogen-bond donors (Lipinski definition) is 2. The van der Waals surface area contributed by atoms with E-state index in [9.17, 15) is 13.2 Å². The maximum atomic E-state index is 13.5. The van der Waals surface area contributed by atoms with Crippen molar-refractivity contribution >= 4 is 5.69 Å². The zero-order valence-electron chi connectivity index (χ0n) is 11.0. The van der Waals surface area contributed by atoms with Crippen LogP contribution in [-0.2, 0) is 13.2 Å². The van der Waals surface area contributed by atoms with E-state index in [2.05, 4.69) is 10.1 Å². The number of benzene rings is 2. The fourth-order valence-corrected chi connectivity index (χ4v) is 1.77. The predicted octanol–water partition coefficient (Wildman–Crippen LogP) is 3.53. The number of anilines is 1. The molecule has 21 heavy (non-hydrogen) atoms. The van der Waals surface area contributed by atoms with Crippen molar-refractivity contribution < 1.29 is 23.0 Å². The van der Waals surface area contributed by atoms with Crippen molar-refractivity contribution in [3.05, 3.63) is 59.4 Å². The molecule has 3 nitrogen and oxygen atoms in total. The van der Waals surface area contributed by atoms with Gasteiger partial charge in [0, 0.05) is 18.3 Å². The van der Waals surface area contributed by atoms with Gasteiger partial charge in [-0.3, -0.25) is 0 Å². The zero-order valence-corrected chi connectivity index (χ0v) is 11.0. The Kier molecular flexibility index (Phi) is 5.05. The van der Waals surface area contributed by atoms with Gasteiger partial charge < -0.3 is 15.2 Å². The molecule has 2 aromatic rings. The highest BCUT2D eigenvalue weighted by atomic mass is 19.3. The topological polar surface area (TPSA) is 41.5 Å². The first-order valence-electron chi connectivity index (χ1n) is 6.25. The van der Waals surface area contributed by atoms with Gasteiger partial charge in [0.05, 0.1) is 6.61 Å². The molecule has 0 unspecified atom stereocenters. The van der Waals surface area contributed by atoms with Gasteiger partial charge in [-0.15, -0.1) is 0 Å². The Morgan fingerprint density at radius 1 is 1.05 bits per heavy atom. The molecule has 0 atom stereocenters. The highest BCUT2D eigenvalue weighted by Crippen LogP contribution is 2.23. The molecule has 0 saturated carbocycles. The van der Waals surface area contributed by atoms with Crippen molar-refractivity contribution in [2.45, 2.75) is 19.8 Å². The summed E-state index contributed by atoms with van der Waals surface area (Å²) in [7, 11) is 0. The van der Waals surface area contributed by atoms with E-state index < -0.39 is 18.2 Å². The molecule has 0 radical (unpaired) electrons. The smallest absolute Gasteiger partial charge is 0.387 e. The molecule has 6 heteroatoms. The van der Waals surface area contributed by atoms with E-state index in [1.54, 1.807) is 12.1 Å². The lowest BCUT2D eigenvalue weighted by atomic mass is 10.1. The van der Waals surface area contributed by atoms with E-state index in [0.29, 0.717) is 12.2 Å². The van der Waals surface area contributed by atoms with Crippen LogP contribution < -0.4 is 10.1 Å². The van der Waals surface area contributed by atoms with E-state index in [4.69, 9.17) is 5.11 Å². The highest BCUT2D eigenvalue weighted by Gasteiger charge is 2.10. The summed E-state index contributed by atoms with van der Waals surface area (Å²) in [6.07, 6.45) is 0. The molecule has 2 N–H and O–H groups in total. The average molecular weight is 297 g/mol. The van der Waals surface area contributed by atoms with Gasteiger partial charge in [-0.2, -0.15) is 8.78 Å². The van der Waals surface area contributed by atoms with Gasteiger partial charge in [-0.25, -0.2) is 4.39 Å². The maximum absolute atomic E-state index is 13.5. The normalized spacial score (nSPS) is 10.7. The Bertz CT molecular complexity index is 588. The second kappa shape index (κ2) is 6.99. The number of ether oxygens (including phenoxy) is 1. The molecule has 0 aromatic heterocycles. The zero-order chi connectivity index (χ0) is 15.2. The summed E-state index contributed by atoms with van der Waals surface area (Å²) in [5, 5.41) is 11.9. The summed E-state index contributed by atoms with van der Waals surface area (Å²) >= 11 is 0. The number of aliphatic hydroxyl groups excluding tert-OH is 1. The Morgan fingerprint density at radius 3 is 2.29 bits per heavy atom. The Labute approximate surface area is 120 Å². The van der Waals surface area contributed by atoms with Crippen LogP contribution >= 0.6 is 0 Å². The maximum Gasteiger partial charge on any atom is 0.387 e. The molecular weight excluding hydrogens is 283 g/mol. The molecular formula is C15H14F3NO2. The molecule has 0 bridgehead atoms. The largest absolute Gasteiger partial charge is 0.432 e. The van der Waals surface area contributed by atoms with Crippen LogP contribution in [0.1, 0.15) is 11.1 Å². The van der Waals surface area contributed by atoms with Gasteiger partial charge in [0.25, 0.3) is 0 Å². The lowest BCUT2D eigenvalue weighted by Crippen LogP contribution is -2.05. The van der Waals surface area contributed by atoms with Crippen molar-refractivity contribution in [2.24, 2.45) is 0 Å². The summed E-state index contributed by atoms with van der Waals surface area (Å²) in [5.41, 5.74) is 2.21. The first-order chi connectivity index (χ1) is 10.1.